The van der Waals surface area contributed by atoms with Crippen molar-refractivity contribution >= 4 is 23.7 Å². The summed E-state index contributed by atoms with van der Waals surface area (Å²) >= 11 is 6.07. The van der Waals surface area contributed by atoms with Crippen LogP contribution in [0.4, 0.5) is 4.79 Å². The Balaban J connectivity index is 1.75. The summed E-state index contributed by atoms with van der Waals surface area (Å²) in [6.45, 7) is 2.57. The maximum absolute atomic E-state index is 11.7. The van der Waals surface area contributed by atoms with Crippen molar-refractivity contribution in [2.75, 3.05) is 6.54 Å². The van der Waals surface area contributed by atoms with Gasteiger partial charge in [0.1, 0.15) is 0 Å². The maximum atomic E-state index is 11.7. The lowest BCUT2D eigenvalue weighted by Crippen LogP contribution is -2.33. The number of benzene rings is 2. The van der Waals surface area contributed by atoms with Gasteiger partial charge in [0.25, 0.3) is 0 Å². The first-order valence-electron chi connectivity index (χ1n) is 7.17. The molecule has 2 amide bonds. The van der Waals surface area contributed by atoms with Gasteiger partial charge in [0.15, 0.2) is 0 Å². The first kappa shape index (κ1) is 16.1. The van der Waals surface area contributed by atoms with E-state index in [0.717, 1.165) is 16.1 Å². The molecule has 0 aliphatic carbocycles. The molecule has 0 aromatic heterocycles. The number of aryl methyl sites for hydroxylation is 1. The SMILES string of the molecule is Cc1ccccc1/C=C/NC(=O)NCCc1ccccc1Cl. The minimum atomic E-state index is -0.225. The average molecular weight is 315 g/mol. The molecule has 3 nitrogen and oxygen atoms in total. The van der Waals surface area contributed by atoms with E-state index in [9.17, 15) is 4.79 Å². The highest BCUT2D eigenvalue weighted by molar-refractivity contribution is 6.31. The quantitative estimate of drug-likeness (QED) is 0.854. The lowest BCUT2D eigenvalue weighted by Gasteiger charge is -2.06. The van der Waals surface area contributed by atoms with Gasteiger partial charge in [-0.3, -0.25) is 0 Å². The van der Waals surface area contributed by atoms with Gasteiger partial charge in [-0.1, -0.05) is 54.1 Å². The summed E-state index contributed by atoms with van der Waals surface area (Å²) in [4.78, 5) is 11.7. The Kier molecular flexibility index (Phi) is 6.04. The number of hydrogen-bond donors (Lipinski definition) is 2. The molecule has 0 atom stereocenters. The van der Waals surface area contributed by atoms with E-state index in [0.29, 0.717) is 13.0 Å². The molecule has 2 aromatic carbocycles. The van der Waals surface area contributed by atoms with E-state index in [1.165, 1.54) is 5.56 Å². The third kappa shape index (κ3) is 4.93. The van der Waals surface area contributed by atoms with E-state index in [-0.39, 0.29) is 6.03 Å². The number of carbonyl (C=O) groups is 1. The Morgan fingerprint density at radius 2 is 1.86 bits per heavy atom. The van der Waals surface area contributed by atoms with Crippen molar-refractivity contribution in [1.29, 1.82) is 0 Å². The molecule has 2 N–H and O–H groups in total. The molecule has 2 rings (SSSR count). The summed E-state index contributed by atoms with van der Waals surface area (Å²) in [5.41, 5.74) is 3.28. The molecule has 0 fully saturated rings. The number of rotatable bonds is 5. The van der Waals surface area contributed by atoms with Crippen LogP contribution >= 0.6 is 11.6 Å². The molecule has 0 radical (unpaired) electrons. The van der Waals surface area contributed by atoms with Gasteiger partial charge >= 0.3 is 6.03 Å². The van der Waals surface area contributed by atoms with Gasteiger partial charge < -0.3 is 10.6 Å². The largest absolute Gasteiger partial charge is 0.338 e. The zero-order chi connectivity index (χ0) is 15.8. The number of urea groups is 1. The summed E-state index contributed by atoms with van der Waals surface area (Å²) in [6.07, 6.45) is 4.23. The third-order valence-electron chi connectivity index (χ3n) is 3.30. The van der Waals surface area contributed by atoms with Crippen molar-refractivity contribution in [3.05, 3.63) is 76.4 Å². The molecule has 114 valence electrons. The maximum Gasteiger partial charge on any atom is 0.318 e. The fraction of sp³-hybridized carbons (Fsp3) is 0.167. The first-order valence-corrected chi connectivity index (χ1v) is 7.54. The molecular weight excluding hydrogens is 296 g/mol. The highest BCUT2D eigenvalue weighted by Crippen LogP contribution is 2.14. The van der Waals surface area contributed by atoms with Crippen molar-refractivity contribution in [1.82, 2.24) is 10.6 Å². The molecule has 2 aromatic rings. The predicted octanol–water partition coefficient (Wildman–Crippen LogP) is 4.16. The molecule has 0 heterocycles. The van der Waals surface area contributed by atoms with Gasteiger partial charge in [-0.15, -0.1) is 0 Å². The van der Waals surface area contributed by atoms with Gasteiger partial charge in [0.2, 0.25) is 0 Å². The van der Waals surface area contributed by atoms with Gasteiger partial charge in [-0.05, 0) is 42.2 Å². The molecule has 4 heteroatoms. The van der Waals surface area contributed by atoms with Crippen LogP contribution in [0, 0.1) is 6.92 Å². The van der Waals surface area contributed by atoms with E-state index in [4.69, 9.17) is 11.6 Å². The fourth-order valence-electron chi connectivity index (χ4n) is 2.04. The van der Waals surface area contributed by atoms with Crippen molar-refractivity contribution in [3.8, 4) is 0 Å². The van der Waals surface area contributed by atoms with E-state index < -0.39 is 0 Å². The van der Waals surface area contributed by atoms with Crippen LogP contribution in [0.15, 0.2) is 54.7 Å². The van der Waals surface area contributed by atoms with Crippen LogP contribution in [0.5, 0.6) is 0 Å². The van der Waals surface area contributed by atoms with Crippen LogP contribution in [0.2, 0.25) is 5.02 Å². The van der Waals surface area contributed by atoms with Gasteiger partial charge in [0.05, 0.1) is 0 Å². The van der Waals surface area contributed by atoms with Crippen molar-refractivity contribution in [2.45, 2.75) is 13.3 Å². The molecule has 0 bridgehead atoms. The van der Waals surface area contributed by atoms with Crippen LogP contribution in [0.1, 0.15) is 16.7 Å². The molecular formula is C18H19ClN2O. The molecule has 0 aliphatic heterocycles. The Morgan fingerprint density at radius 1 is 1.14 bits per heavy atom. The van der Waals surface area contributed by atoms with Gasteiger partial charge in [0, 0.05) is 17.8 Å². The fourth-order valence-corrected chi connectivity index (χ4v) is 2.27. The van der Waals surface area contributed by atoms with E-state index >= 15 is 0 Å². The van der Waals surface area contributed by atoms with E-state index in [1.807, 2.05) is 61.5 Å². The topological polar surface area (TPSA) is 41.1 Å². The predicted molar refractivity (Wildman–Crippen MR) is 91.9 cm³/mol. The van der Waals surface area contributed by atoms with E-state index in [2.05, 4.69) is 10.6 Å². The van der Waals surface area contributed by atoms with E-state index in [1.54, 1.807) is 6.20 Å². The highest BCUT2D eigenvalue weighted by atomic mass is 35.5. The van der Waals surface area contributed by atoms with Gasteiger partial charge in [-0.2, -0.15) is 0 Å². The second-order valence-corrected chi connectivity index (χ2v) is 5.34. The van der Waals surface area contributed by atoms with Crippen LogP contribution in [0.3, 0.4) is 0 Å². The lowest BCUT2D eigenvalue weighted by atomic mass is 10.1. The van der Waals surface area contributed by atoms with Crippen LogP contribution in [-0.2, 0) is 6.42 Å². The normalized spacial score (nSPS) is 10.6. The standard InChI is InChI=1S/C18H19ClN2O/c1-14-6-2-3-7-15(14)10-12-20-18(22)21-13-11-16-8-4-5-9-17(16)19/h2-10,12H,11,13H2,1H3,(H2,20,21,22)/b12-10+. The van der Waals surface area contributed by atoms with Crippen LogP contribution in [-0.4, -0.2) is 12.6 Å². The Bertz CT molecular complexity index is 668. The molecule has 0 spiro atoms. The second kappa shape index (κ2) is 8.25. The molecule has 0 aliphatic rings. The summed E-state index contributed by atoms with van der Waals surface area (Å²) in [7, 11) is 0. The summed E-state index contributed by atoms with van der Waals surface area (Å²) < 4.78 is 0. The zero-order valence-electron chi connectivity index (χ0n) is 12.5. The van der Waals surface area contributed by atoms with Gasteiger partial charge in [-0.25, -0.2) is 4.79 Å². The Labute approximate surface area is 136 Å². The van der Waals surface area contributed by atoms with Crippen LogP contribution < -0.4 is 10.6 Å². The molecule has 0 saturated carbocycles. The minimum Gasteiger partial charge on any atom is -0.338 e. The first-order chi connectivity index (χ1) is 10.7. The Morgan fingerprint density at radius 3 is 2.64 bits per heavy atom. The average Bonchev–Trinajstić information content (AvgIpc) is 2.51. The second-order valence-electron chi connectivity index (χ2n) is 4.93. The summed E-state index contributed by atoms with van der Waals surface area (Å²) in [6, 6.07) is 15.4. The van der Waals surface area contributed by atoms with Crippen molar-refractivity contribution in [2.24, 2.45) is 0 Å². The van der Waals surface area contributed by atoms with Crippen molar-refractivity contribution < 1.29 is 4.79 Å². The number of hydrogen-bond acceptors (Lipinski definition) is 1. The minimum absolute atomic E-state index is 0.225. The summed E-state index contributed by atoms with van der Waals surface area (Å²) in [5, 5.41) is 6.22. The number of amides is 2. The third-order valence-corrected chi connectivity index (χ3v) is 3.67. The molecule has 0 unspecified atom stereocenters. The highest BCUT2D eigenvalue weighted by Gasteiger charge is 2.00. The van der Waals surface area contributed by atoms with Crippen LogP contribution in [0.25, 0.3) is 6.08 Å². The number of halogens is 1. The smallest absolute Gasteiger partial charge is 0.318 e. The Hall–Kier alpha value is -2.26. The number of nitrogens with one attached hydrogen (secondary N) is 2. The molecule has 22 heavy (non-hydrogen) atoms. The number of carbonyl (C=O) groups excluding carboxylic acids is 1. The lowest BCUT2D eigenvalue weighted by molar-refractivity contribution is 0.244. The monoisotopic (exact) mass is 314 g/mol. The summed E-state index contributed by atoms with van der Waals surface area (Å²) in [5.74, 6) is 0. The molecule has 0 saturated heterocycles. The van der Waals surface area contributed by atoms with Crippen molar-refractivity contribution in [3.63, 3.8) is 0 Å². The zero-order valence-corrected chi connectivity index (χ0v) is 13.2.